The van der Waals surface area contributed by atoms with Crippen LogP contribution in [-0.2, 0) is 18.3 Å². The molecular weight excluding hydrogens is 355 g/mol. The molecule has 2 N–H and O–H groups in total. The van der Waals surface area contributed by atoms with Crippen LogP contribution in [0.1, 0.15) is 58.3 Å². The van der Waals surface area contributed by atoms with E-state index in [1.165, 1.54) is 38.5 Å². The van der Waals surface area contributed by atoms with E-state index in [2.05, 4.69) is 6.92 Å². The Hall–Kier alpha value is -0.0100. The van der Waals surface area contributed by atoms with Crippen LogP contribution in [0.5, 0.6) is 0 Å². The van der Waals surface area contributed by atoms with Gasteiger partial charge in [-0.05, 0) is 6.42 Å². The molecule has 0 aromatic heterocycles. The molecule has 158 valence electrons. The van der Waals surface area contributed by atoms with Gasteiger partial charge in [0, 0.05) is 13.2 Å². The molecule has 0 amide bonds. The molecule has 0 radical (unpaired) electrons. The summed E-state index contributed by atoms with van der Waals surface area (Å²) in [5.41, 5.74) is 5.57. The maximum Gasteiger partial charge on any atom is 0.268 e. The molecule has 0 saturated heterocycles. The highest BCUT2D eigenvalue weighted by atomic mass is 31.2. The molecule has 0 bridgehead atoms. The van der Waals surface area contributed by atoms with Gasteiger partial charge < -0.3 is 28.9 Å². The van der Waals surface area contributed by atoms with Crippen LogP contribution in [0.4, 0.5) is 0 Å². The van der Waals surface area contributed by atoms with E-state index in [9.17, 15) is 9.46 Å². The van der Waals surface area contributed by atoms with E-state index in [-0.39, 0.29) is 19.8 Å². The van der Waals surface area contributed by atoms with Gasteiger partial charge >= 0.3 is 0 Å². The van der Waals surface area contributed by atoms with Crippen LogP contribution in [0.25, 0.3) is 0 Å². The van der Waals surface area contributed by atoms with Gasteiger partial charge in [0.25, 0.3) is 7.82 Å². The number of rotatable bonds is 18. The topological polar surface area (TPSA) is 93.8 Å². The number of hydrogen-bond acceptors (Lipinski definition) is 6. The van der Waals surface area contributed by atoms with Gasteiger partial charge in [0.05, 0.1) is 27.7 Å². The normalized spacial score (nSPS) is 15.8. The number of quaternary nitrogens is 1. The number of hydrogen-bond donors (Lipinski definition) is 1. The molecule has 26 heavy (non-hydrogen) atoms. The second-order valence-corrected chi connectivity index (χ2v) is 9.17. The fraction of sp³-hybridized carbons (Fsp3) is 1.00. The first-order valence-corrected chi connectivity index (χ1v) is 11.4. The van der Waals surface area contributed by atoms with Crippen LogP contribution in [-0.4, -0.2) is 64.6 Å². The molecule has 0 saturated carbocycles. The Balaban J connectivity index is 3.76. The van der Waals surface area contributed by atoms with Crippen LogP contribution in [0.15, 0.2) is 0 Å². The van der Waals surface area contributed by atoms with Gasteiger partial charge in [0.15, 0.2) is 0 Å². The maximum absolute atomic E-state index is 11.8. The van der Waals surface area contributed by atoms with Crippen molar-refractivity contribution < 1.29 is 27.7 Å². The van der Waals surface area contributed by atoms with Gasteiger partial charge in [-0.25, -0.2) is 0 Å². The van der Waals surface area contributed by atoms with E-state index in [0.717, 1.165) is 12.8 Å². The summed E-state index contributed by atoms with van der Waals surface area (Å²) < 4.78 is 27.9. The first kappa shape index (κ1) is 26.0. The molecule has 7 nitrogen and oxygen atoms in total. The number of phosphoric acid groups is 1. The molecule has 0 aliphatic carbocycles. The minimum absolute atomic E-state index is 0.0718. The lowest BCUT2D eigenvalue weighted by Gasteiger charge is -2.29. The van der Waals surface area contributed by atoms with Crippen molar-refractivity contribution >= 4 is 7.82 Å². The summed E-state index contributed by atoms with van der Waals surface area (Å²) in [6.45, 7) is 3.71. The Morgan fingerprint density at radius 3 is 2.12 bits per heavy atom. The lowest BCUT2D eigenvalue weighted by Crippen LogP contribution is -2.38. The Labute approximate surface area is 160 Å². The molecule has 0 aromatic rings. The van der Waals surface area contributed by atoms with Gasteiger partial charge in [-0.3, -0.25) is 4.57 Å². The molecule has 0 rings (SSSR count). The summed E-state index contributed by atoms with van der Waals surface area (Å²) in [7, 11) is 1.53. The average Bonchev–Trinajstić information content (AvgIpc) is 2.53. The van der Waals surface area contributed by atoms with E-state index in [4.69, 9.17) is 19.5 Å². The van der Waals surface area contributed by atoms with Crippen LogP contribution in [0.2, 0.25) is 0 Å². The van der Waals surface area contributed by atoms with Gasteiger partial charge in [-0.1, -0.05) is 51.9 Å². The minimum atomic E-state index is -4.35. The summed E-state index contributed by atoms with van der Waals surface area (Å²) in [6.07, 6.45) is 9.14. The number of likely N-dealkylation sites (N-methyl/N-ethyl adjacent to an activating group) is 1. The van der Waals surface area contributed by atoms with Crippen molar-refractivity contribution in [2.24, 2.45) is 5.73 Å². The van der Waals surface area contributed by atoms with E-state index >= 15 is 0 Å². The van der Waals surface area contributed by atoms with Crippen molar-refractivity contribution in [3.8, 4) is 0 Å². The van der Waals surface area contributed by atoms with Gasteiger partial charge in [0.1, 0.15) is 19.3 Å². The second-order valence-electron chi connectivity index (χ2n) is 7.81. The molecule has 0 aliphatic heterocycles. The monoisotopic (exact) mass is 396 g/mol. The van der Waals surface area contributed by atoms with Gasteiger partial charge in [0.2, 0.25) is 0 Å². The van der Waals surface area contributed by atoms with Crippen molar-refractivity contribution in [3.05, 3.63) is 0 Å². The number of phosphoric ester groups is 1. The third-order valence-electron chi connectivity index (χ3n) is 4.00. The zero-order valence-corrected chi connectivity index (χ0v) is 18.2. The van der Waals surface area contributed by atoms with Gasteiger partial charge in [-0.2, -0.15) is 0 Å². The largest absolute Gasteiger partial charge is 0.756 e. The highest BCUT2D eigenvalue weighted by molar-refractivity contribution is 7.45. The smallest absolute Gasteiger partial charge is 0.268 e. The average molecular weight is 397 g/mol. The van der Waals surface area contributed by atoms with Crippen molar-refractivity contribution in [3.63, 3.8) is 0 Å². The molecule has 0 spiro atoms. The number of nitrogens with zero attached hydrogens (tertiary/aromatic N) is 1. The van der Waals surface area contributed by atoms with Crippen molar-refractivity contribution in [1.82, 2.24) is 0 Å². The van der Waals surface area contributed by atoms with Crippen LogP contribution in [0, 0.1) is 0 Å². The predicted octanol–water partition coefficient (Wildman–Crippen LogP) is 2.68. The van der Waals surface area contributed by atoms with Crippen molar-refractivity contribution in [2.45, 2.75) is 64.4 Å². The quantitative estimate of drug-likeness (QED) is 0.217. The summed E-state index contributed by atoms with van der Waals surface area (Å²) >= 11 is 0. The number of ether oxygens (including phenoxy) is 1. The molecule has 0 aliphatic rings. The SMILES string of the molecule is CCCCCCCCCCOCC(CN)OP(=O)([O-])OCC[N+](C)(C)C. The van der Waals surface area contributed by atoms with Crippen LogP contribution >= 0.6 is 7.82 Å². The van der Waals surface area contributed by atoms with Crippen molar-refractivity contribution in [2.75, 3.05) is 54.1 Å². The van der Waals surface area contributed by atoms with Crippen LogP contribution < -0.4 is 10.6 Å². The van der Waals surface area contributed by atoms with E-state index < -0.39 is 13.9 Å². The molecular formula is C18H41N2O5P. The lowest BCUT2D eigenvalue weighted by atomic mass is 10.1. The summed E-state index contributed by atoms with van der Waals surface area (Å²) in [5, 5.41) is 0. The van der Waals surface area contributed by atoms with E-state index in [1.54, 1.807) is 0 Å². The van der Waals surface area contributed by atoms with Crippen LogP contribution in [0.3, 0.4) is 0 Å². The Morgan fingerprint density at radius 2 is 1.58 bits per heavy atom. The minimum Gasteiger partial charge on any atom is -0.756 e. The fourth-order valence-corrected chi connectivity index (χ4v) is 3.21. The highest BCUT2D eigenvalue weighted by Gasteiger charge is 2.18. The number of nitrogens with two attached hydrogens (primary N) is 1. The van der Waals surface area contributed by atoms with Crippen molar-refractivity contribution in [1.29, 1.82) is 0 Å². The van der Waals surface area contributed by atoms with Gasteiger partial charge in [-0.15, -0.1) is 0 Å². The fourth-order valence-electron chi connectivity index (χ4n) is 2.33. The van der Waals surface area contributed by atoms with E-state index in [1.807, 2.05) is 21.1 Å². The Kier molecular flexibility index (Phi) is 15.0. The third-order valence-corrected chi connectivity index (χ3v) is 5.05. The molecule has 2 atom stereocenters. The Bertz CT molecular complexity index is 377. The summed E-state index contributed by atoms with van der Waals surface area (Å²) in [4.78, 5) is 11.8. The first-order chi connectivity index (χ1) is 12.2. The molecule has 0 heterocycles. The molecule has 0 aromatic carbocycles. The lowest BCUT2D eigenvalue weighted by molar-refractivity contribution is -0.870. The molecule has 2 unspecified atom stereocenters. The molecule has 8 heteroatoms. The summed E-state index contributed by atoms with van der Waals surface area (Å²) in [6, 6.07) is 0. The predicted molar refractivity (Wildman–Crippen MR) is 104 cm³/mol. The number of unbranched alkanes of at least 4 members (excludes halogenated alkanes) is 7. The zero-order valence-electron chi connectivity index (χ0n) is 17.3. The maximum atomic E-state index is 11.8. The zero-order chi connectivity index (χ0) is 19.9. The Morgan fingerprint density at radius 1 is 1.00 bits per heavy atom. The summed E-state index contributed by atoms with van der Waals surface area (Å²) in [5.74, 6) is 0. The third kappa shape index (κ3) is 17.4. The first-order valence-electron chi connectivity index (χ1n) is 9.92. The standard InChI is InChI=1S/C18H41N2O5P/c1-5-6-7-8-9-10-11-12-14-23-17-18(16-19)25-26(21,22)24-15-13-20(2,3)4/h18H,5-17,19H2,1-4H3. The highest BCUT2D eigenvalue weighted by Crippen LogP contribution is 2.39. The van der Waals surface area contributed by atoms with E-state index in [0.29, 0.717) is 17.6 Å². The molecule has 0 fully saturated rings. The second kappa shape index (κ2) is 15.0.